The highest BCUT2D eigenvalue weighted by molar-refractivity contribution is 4.72. The van der Waals surface area contributed by atoms with Gasteiger partial charge in [0.15, 0.2) is 0 Å². The highest BCUT2D eigenvalue weighted by Gasteiger charge is 2.21. The molecule has 0 saturated heterocycles. The minimum absolute atomic E-state index is 0.159. The highest BCUT2D eigenvalue weighted by atomic mass is 16.5. The van der Waals surface area contributed by atoms with E-state index in [9.17, 15) is 0 Å². The van der Waals surface area contributed by atoms with E-state index in [-0.39, 0.29) is 11.7 Å². The van der Waals surface area contributed by atoms with E-state index in [1.165, 1.54) is 0 Å². The van der Waals surface area contributed by atoms with E-state index in [0.29, 0.717) is 6.54 Å². The first-order valence-electron chi connectivity index (χ1n) is 3.95. The Balaban J connectivity index is 3.83. The van der Waals surface area contributed by atoms with Gasteiger partial charge in [0.05, 0.1) is 17.8 Å². The van der Waals surface area contributed by atoms with Gasteiger partial charge in [-0.1, -0.05) is 0 Å². The van der Waals surface area contributed by atoms with Crippen LogP contribution < -0.4 is 5.73 Å². The van der Waals surface area contributed by atoms with E-state index in [2.05, 4.69) is 0 Å². The first-order chi connectivity index (χ1) is 4.89. The predicted molar refractivity (Wildman–Crippen MR) is 45.4 cm³/mol. The second-order valence-corrected chi connectivity index (χ2v) is 3.53. The molecular weight excluding hydrogens is 142 g/mol. The number of rotatable bonds is 4. The van der Waals surface area contributed by atoms with Crippen LogP contribution >= 0.6 is 0 Å². The van der Waals surface area contributed by atoms with Crippen molar-refractivity contribution in [3.05, 3.63) is 0 Å². The molecule has 0 radical (unpaired) electrons. The molecule has 2 atom stereocenters. The molecule has 3 heteroatoms. The third-order valence-corrected chi connectivity index (χ3v) is 1.68. The van der Waals surface area contributed by atoms with Crippen molar-refractivity contribution in [2.75, 3.05) is 6.54 Å². The average molecular weight is 161 g/mol. The number of hydrogen-bond donors (Lipinski definition) is 2. The van der Waals surface area contributed by atoms with Crippen LogP contribution in [-0.4, -0.2) is 29.5 Å². The lowest BCUT2D eigenvalue weighted by molar-refractivity contribution is -0.101. The van der Waals surface area contributed by atoms with Crippen LogP contribution in [0.4, 0.5) is 0 Å². The van der Waals surface area contributed by atoms with E-state index in [0.717, 1.165) is 0 Å². The molecule has 0 heterocycles. The molecule has 0 aromatic carbocycles. The van der Waals surface area contributed by atoms with Crippen LogP contribution in [0.5, 0.6) is 0 Å². The molecule has 0 aliphatic carbocycles. The molecule has 0 spiro atoms. The molecule has 0 aromatic rings. The molecule has 0 bridgehead atoms. The summed E-state index contributed by atoms with van der Waals surface area (Å²) in [6.07, 6.45) is -0.602. The topological polar surface area (TPSA) is 55.5 Å². The fraction of sp³-hybridized carbons (Fsp3) is 1.00. The summed E-state index contributed by atoms with van der Waals surface area (Å²) in [6, 6.07) is 0. The Morgan fingerprint density at radius 2 is 1.91 bits per heavy atom. The highest BCUT2D eigenvalue weighted by Crippen LogP contribution is 2.12. The number of nitrogens with two attached hydrogens (primary N) is 1. The van der Waals surface area contributed by atoms with E-state index in [1.807, 2.05) is 20.8 Å². The van der Waals surface area contributed by atoms with Crippen molar-refractivity contribution in [3.8, 4) is 0 Å². The SMILES string of the molecule is CC(O)C(C)OC(C)(C)CN. The molecule has 0 fully saturated rings. The van der Waals surface area contributed by atoms with Crippen molar-refractivity contribution in [2.24, 2.45) is 5.73 Å². The molecule has 0 aliphatic rings. The summed E-state index contributed by atoms with van der Waals surface area (Å²) in [4.78, 5) is 0. The van der Waals surface area contributed by atoms with Crippen LogP contribution in [0.1, 0.15) is 27.7 Å². The molecule has 68 valence electrons. The third-order valence-electron chi connectivity index (χ3n) is 1.68. The van der Waals surface area contributed by atoms with Crippen LogP contribution in [0.3, 0.4) is 0 Å². The summed E-state index contributed by atoms with van der Waals surface area (Å²) in [5.41, 5.74) is 5.11. The summed E-state index contributed by atoms with van der Waals surface area (Å²) >= 11 is 0. The largest absolute Gasteiger partial charge is 0.391 e. The molecule has 2 unspecified atom stereocenters. The lowest BCUT2D eigenvalue weighted by Gasteiger charge is -2.29. The first-order valence-corrected chi connectivity index (χ1v) is 3.95. The number of hydrogen-bond acceptors (Lipinski definition) is 3. The Labute approximate surface area is 68.5 Å². The van der Waals surface area contributed by atoms with Gasteiger partial charge in [0.2, 0.25) is 0 Å². The lowest BCUT2D eigenvalue weighted by Crippen LogP contribution is -2.40. The Bertz CT molecular complexity index is 113. The van der Waals surface area contributed by atoms with Crippen molar-refractivity contribution in [1.82, 2.24) is 0 Å². The van der Waals surface area contributed by atoms with Gasteiger partial charge in [-0.2, -0.15) is 0 Å². The summed E-state index contributed by atoms with van der Waals surface area (Å²) in [6.45, 7) is 7.82. The maximum Gasteiger partial charge on any atom is 0.0811 e. The van der Waals surface area contributed by atoms with Gasteiger partial charge in [-0.3, -0.25) is 0 Å². The van der Waals surface area contributed by atoms with E-state index < -0.39 is 6.10 Å². The summed E-state index contributed by atoms with van der Waals surface area (Å²) in [5, 5.41) is 9.11. The molecule has 3 nitrogen and oxygen atoms in total. The van der Waals surface area contributed by atoms with Gasteiger partial charge < -0.3 is 15.6 Å². The fourth-order valence-electron chi connectivity index (χ4n) is 0.650. The Kier molecular flexibility index (Phi) is 4.00. The second-order valence-electron chi connectivity index (χ2n) is 3.53. The van der Waals surface area contributed by atoms with Crippen LogP contribution in [-0.2, 0) is 4.74 Å². The zero-order chi connectivity index (χ0) is 9.07. The second kappa shape index (κ2) is 4.04. The van der Waals surface area contributed by atoms with Gasteiger partial charge in [-0.15, -0.1) is 0 Å². The molecule has 0 aromatic heterocycles. The summed E-state index contributed by atoms with van der Waals surface area (Å²) in [5.74, 6) is 0. The van der Waals surface area contributed by atoms with Crippen molar-refractivity contribution >= 4 is 0 Å². The number of aliphatic hydroxyl groups excluding tert-OH is 1. The zero-order valence-corrected chi connectivity index (χ0v) is 7.79. The predicted octanol–water partition coefficient (Wildman–Crippen LogP) is 0.510. The van der Waals surface area contributed by atoms with Crippen LogP contribution in [0, 0.1) is 0 Å². The van der Waals surface area contributed by atoms with Gasteiger partial charge in [-0.05, 0) is 27.7 Å². The number of ether oxygens (including phenoxy) is 1. The molecule has 11 heavy (non-hydrogen) atoms. The number of aliphatic hydroxyl groups is 1. The van der Waals surface area contributed by atoms with Crippen molar-refractivity contribution < 1.29 is 9.84 Å². The average Bonchev–Trinajstić information content (AvgIpc) is 1.87. The Morgan fingerprint density at radius 3 is 2.18 bits per heavy atom. The summed E-state index contributed by atoms with van der Waals surface area (Å²) in [7, 11) is 0. The fourth-order valence-corrected chi connectivity index (χ4v) is 0.650. The van der Waals surface area contributed by atoms with Gasteiger partial charge in [-0.25, -0.2) is 0 Å². The van der Waals surface area contributed by atoms with E-state index in [4.69, 9.17) is 15.6 Å². The van der Waals surface area contributed by atoms with Gasteiger partial charge in [0.1, 0.15) is 0 Å². The van der Waals surface area contributed by atoms with Gasteiger partial charge >= 0.3 is 0 Å². The minimum Gasteiger partial charge on any atom is -0.391 e. The van der Waals surface area contributed by atoms with Crippen LogP contribution in [0.15, 0.2) is 0 Å². The molecular formula is C8H19NO2. The molecule has 0 saturated carbocycles. The van der Waals surface area contributed by atoms with Gasteiger partial charge in [0, 0.05) is 6.54 Å². The smallest absolute Gasteiger partial charge is 0.0811 e. The lowest BCUT2D eigenvalue weighted by atomic mass is 10.1. The normalized spacial score (nSPS) is 18.0. The molecule has 0 amide bonds. The van der Waals surface area contributed by atoms with Crippen LogP contribution in [0.2, 0.25) is 0 Å². The Hall–Kier alpha value is -0.120. The van der Waals surface area contributed by atoms with Gasteiger partial charge in [0.25, 0.3) is 0 Å². The van der Waals surface area contributed by atoms with E-state index in [1.54, 1.807) is 6.92 Å². The monoisotopic (exact) mass is 161 g/mol. The maximum atomic E-state index is 9.11. The van der Waals surface area contributed by atoms with Crippen molar-refractivity contribution in [2.45, 2.75) is 45.5 Å². The van der Waals surface area contributed by atoms with Crippen molar-refractivity contribution in [1.29, 1.82) is 0 Å². The summed E-state index contributed by atoms with van der Waals surface area (Å²) < 4.78 is 5.47. The van der Waals surface area contributed by atoms with E-state index >= 15 is 0 Å². The van der Waals surface area contributed by atoms with Crippen molar-refractivity contribution in [3.63, 3.8) is 0 Å². The minimum atomic E-state index is -0.444. The molecule has 0 aliphatic heterocycles. The first kappa shape index (κ1) is 10.9. The molecule has 0 rings (SSSR count). The quantitative estimate of drug-likeness (QED) is 0.631. The Morgan fingerprint density at radius 1 is 1.45 bits per heavy atom. The third kappa shape index (κ3) is 4.35. The zero-order valence-electron chi connectivity index (χ0n) is 7.79. The standard InChI is InChI=1S/C8H19NO2/c1-6(10)7(2)11-8(3,4)5-9/h6-7,10H,5,9H2,1-4H3. The van der Waals surface area contributed by atoms with Crippen LogP contribution in [0.25, 0.3) is 0 Å². The maximum absolute atomic E-state index is 9.11. The molecule has 3 N–H and O–H groups in total.